The van der Waals surface area contributed by atoms with Crippen molar-refractivity contribution < 1.29 is 9.59 Å². The lowest BCUT2D eigenvalue weighted by Gasteiger charge is -2.26. The highest BCUT2D eigenvalue weighted by Crippen LogP contribution is 2.12. The van der Waals surface area contributed by atoms with Crippen molar-refractivity contribution in [1.82, 2.24) is 15.2 Å². The monoisotopic (exact) mass is 316 g/mol. The molecule has 2 amide bonds. The van der Waals surface area contributed by atoms with E-state index in [-0.39, 0.29) is 11.8 Å². The molecule has 1 aromatic heterocycles. The van der Waals surface area contributed by atoms with Gasteiger partial charge in [-0.05, 0) is 31.4 Å². The van der Waals surface area contributed by atoms with E-state index < -0.39 is 0 Å². The van der Waals surface area contributed by atoms with E-state index in [0.29, 0.717) is 18.9 Å². The van der Waals surface area contributed by atoms with Gasteiger partial charge in [0.2, 0.25) is 11.8 Å². The predicted molar refractivity (Wildman–Crippen MR) is 90.0 cm³/mol. The van der Waals surface area contributed by atoms with Gasteiger partial charge in [0.1, 0.15) is 5.82 Å². The van der Waals surface area contributed by atoms with Crippen LogP contribution in [0.25, 0.3) is 0 Å². The SMILES string of the molecule is CC(=O)NCCC1=CCCN(CC(=O)Nc2ccc(C)cn2)C1. The minimum atomic E-state index is -0.0514. The standard InChI is InChI=1S/C17H24N4O2/c1-13-5-6-16(19-10-13)20-17(23)12-21-9-3-4-15(11-21)7-8-18-14(2)22/h4-6,10H,3,7-9,11-12H2,1-2H3,(H,18,22)(H,19,20,23). The molecule has 0 fully saturated rings. The fourth-order valence-corrected chi connectivity index (χ4v) is 2.52. The summed E-state index contributed by atoms with van der Waals surface area (Å²) in [5.74, 6) is 0.520. The first-order valence-corrected chi connectivity index (χ1v) is 7.90. The van der Waals surface area contributed by atoms with Gasteiger partial charge in [-0.2, -0.15) is 0 Å². The van der Waals surface area contributed by atoms with Crippen LogP contribution in [0.3, 0.4) is 0 Å². The third-order valence-electron chi connectivity index (χ3n) is 3.67. The van der Waals surface area contributed by atoms with Gasteiger partial charge in [-0.15, -0.1) is 0 Å². The number of aromatic nitrogens is 1. The van der Waals surface area contributed by atoms with Crippen LogP contribution >= 0.6 is 0 Å². The Bertz CT molecular complexity index is 581. The van der Waals surface area contributed by atoms with Gasteiger partial charge in [0, 0.05) is 32.8 Å². The van der Waals surface area contributed by atoms with Crippen LogP contribution in [-0.4, -0.2) is 47.9 Å². The Balaban J connectivity index is 1.76. The number of amides is 2. The third kappa shape index (κ3) is 6.20. The first-order chi connectivity index (χ1) is 11.0. The number of aryl methyl sites for hydroxylation is 1. The summed E-state index contributed by atoms with van der Waals surface area (Å²) in [6.07, 6.45) is 5.71. The lowest BCUT2D eigenvalue weighted by molar-refractivity contribution is -0.119. The summed E-state index contributed by atoms with van der Waals surface area (Å²) in [7, 11) is 0. The number of anilines is 1. The van der Waals surface area contributed by atoms with Crippen molar-refractivity contribution in [2.24, 2.45) is 0 Å². The lowest BCUT2D eigenvalue weighted by atomic mass is 10.1. The van der Waals surface area contributed by atoms with E-state index in [4.69, 9.17) is 0 Å². The van der Waals surface area contributed by atoms with Crippen molar-refractivity contribution in [3.05, 3.63) is 35.5 Å². The molecule has 0 saturated heterocycles. The van der Waals surface area contributed by atoms with Gasteiger partial charge < -0.3 is 10.6 Å². The fourth-order valence-electron chi connectivity index (χ4n) is 2.52. The molecule has 2 rings (SSSR count). The van der Waals surface area contributed by atoms with Crippen LogP contribution in [0, 0.1) is 6.92 Å². The lowest BCUT2D eigenvalue weighted by Crippen LogP contribution is -2.37. The van der Waals surface area contributed by atoms with Crippen molar-refractivity contribution in [1.29, 1.82) is 0 Å². The molecule has 23 heavy (non-hydrogen) atoms. The minimum absolute atomic E-state index is 0.0109. The van der Waals surface area contributed by atoms with Crippen molar-refractivity contribution >= 4 is 17.6 Å². The Morgan fingerprint density at radius 3 is 2.87 bits per heavy atom. The number of nitrogens with zero attached hydrogens (tertiary/aromatic N) is 2. The highest BCUT2D eigenvalue weighted by atomic mass is 16.2. The smallest absolute Gasteiger partial charge is 0.239 e. The molecule has 0 saturated carbocycles. The quantitative estimate of drug-likeness (QED) is 0.780. The Kier molecular flexibility index (Phi) is 6.29. The largest absolute Gasteiger partial charge is 0.356 e. The Hall–Kier alpha value is -2.21. The summed E-state index contributed by atoms with van der Waals surface area (Å²) in [5.41, 5.74) is 2.33. The van der Waals surface area contributed by atoms with Crippen LogP contribution < -0.4 is 10.6 Å². The molecule has 0 aromatic carbocycles. The van der Waals surface area contributed by atoms with Gasteiger partial charge in [0.25, 0.3) is 0 Å². The molecule has 2 heterocycles. The molecular weight excluding hydrogens is 292 g/mol. The molecule has 1 aliphatic heterocycles. The molecule has 0 atom stereocenters. The molecule has 0 unspecified atom stereocenters. The summed E-state index contributed by atoms with van der Waals surface area (Å²) >= 11 is 0. The van der Waals surface area contributed by atoms with E-state index in [2.05, 4.69) is 26.6 Å². The second kappa shape index (κ2) is 8.43. The number of carbonyl (C=O) groups is 2. The maximum absolute atomic E-state index is 12.1. The van der Waals surface area contributed by atoms with Crippen molar-refractivity contribution in [3.63, 3.8) is 0 Å². The molecule has 0 aliphatic carbocycles. The van der Waals surface area contributed by atoms with Crippen LogP contribution in [0.1, 0.15) is 25.3 Å². The summed E-state index contributed by atoms with van der Waals surface area (Å²) in [4.78, 5) is 29.3. The second-order valence-electron chi connectivity index (χ2n) is 5.86. The topological polar surface area (TPSA) is 74.3 Å². The number of nitrogens with one attached hydrogen (secondary N) is 2. The van der Waals surface area contributed by atoms with Gasteiger partial charge in [-0.3, -0.25) is 14.5 Å². The van der Waals surface area contributed by atoms with Crippen LogP contribution in [-0.2, 0) is 9.59 Å². The normalized spacial score (nSPS) is 15.0. The van der Waals surface area contributed by atoms with Gasteiger partial charge in [0.15, 0.2) is 0 Å². The summed E-state index contributed by atoms with van der Waals surface area (Å²) < 4.78 is 0. The maximum Gasteiger partial charge on any atom is 0.239 e. The first-order valence-electron chi connectivity index (χ1n) is 7.90. The highest BCUT2D eigenvalue weighted by Gasteiger charge is 2.16. The zero-order valence-electron chi connectivity index (χ0n) is 13.8. The fraction of sp³-hybridized carbons (Fsp3) is 0.471. The van der Waals surface area contributed by atoms with E-state index >= 15 is 0 Å². The predicted octanol–water partition coefficient (Wildman–Crippen LogP) is 1.49. The number of pyridine rings is 1. The molecular formula is C17H24N4O2. The van der Waals surface area contributed by atoms with E-state index in [9.17, 15) is 9.59 Å². The van der Waals surface area contributed by atoms with Crippen LogP contribution in [0.5, 0.6) is 0 Å². The van der Waals surface area contributed by atoms with Crippen LogP contribution in [0.15, 0.2) is 30.0 Å². The molecule has 0 spiro atoms. The van der Waals surface area contributed by atoms with Gasteiger partial charge in [0.05, 0.1) is 6.54 Å². The molecule has 0 bridgehead atoms. The van der Waals surface area contributed by atoms with E-state index in [1.54, 1.807) is 6.20 Å². The Labute approximate surface area is 137 Å². The van der Waals surface area contributed by atoms with Crippen molar-refractivity contribution in [2.45, 2.75) is 26.7 Å². The van der Waals surface area contributed by atoms with Crippen molar-refractivity contribution in [3.8, 4) is 0 Å². The summed E-state index contributed by atoms with van der Waals surface area (Å²) in [6.45, 7) is 6.13. The number of carbonyl (C=O) groups excluding carboxylic acids is 2. The first kappa shape index (κ1) is 17.1. The molecule has 0 radical (unpaired) electrons. The average molecular weight is 316 g/mol. The molecule has 2 N–H and O–H groups in total. The molecule has 1 aliphatic rings. The summed E-state index contributed by atoms with van der Waals surface area (Å²) in [6, 6.07) is 3.73. The Morgan fingerprint density at radius 2 is 2.17 bits per heavy atom. The minimum Gasteiger partial charge on any atom is -0.356 e. The van der Waals surface area contributed by atoms with Gasteiger partial charge in [-0.25, -0.2) is 4.98 Å². The third-order valence-corrected chi connectivity index (χ3v) is 3.67. The molecule has 124 valence electrons. The molecule has 1 aromatic rings. The zero-order chi connectivity index (χ0) is 16.7. The Morgan fingerprint density at radius 1 is 1.35 bits per heavy atom. The molecule has 6 nitrogen and oxygen atoms in total. The number of rotatable bonds is 6. The van der Waals surface area contributed by atoms with Gasteiger partial charge in [-0.1, -0.05) is 17.7 Å². The number of hydrogen-bond donors (Lipinski definition) is 2. The van der Waals surface area contributed by atoms with Gasteiger partial charge >= 0.3 is 0 Å². The number of hydrogen-bond acceptors (Lipinski definition) is 4. The van der Waals surface area contributed by atoms with E-state index in [1.807, 2.05) is 19.1 Å². The average Bonchev–Trinajstić information content (AvgIpc) is 2.49. The van der Waals surface area contributed by atoms with Crippen LogP contribution in [0.2, 0.25) is 0 Å². The maximum atomic E-state index is 12.1. The van der Waals surface area contributed by atoms with E-state index in [0.717, 1.165) is 31.5 Å². The van der Waals surface area contributed by atoms with E-state index in [1.165, 1.54) is 12.5 Å². The summed E-state index contributed by atoms with van der Waals surface area (Å²) in [5, 5.41) is 5.62. The second-order valence-corrected chi connectivity index (χ2v) is 5.86. The van der Waals surface area contributed by atoms with Crippen molar-refractivity contribution in [2.75, 3.05) is 31.5 Å². The molecule has 6 heteroatoms. The zero-order valence-corrected chi connectivity index (χ0v) is 13.8. The van der Waals surface area contributed by atoms with Crippen LogP contribution in [0.4, 0.5) is 5.82 Å². The highest BCUT2D eigenvalue weighted by molar-refractivity contribution is 5.91.